The standard InChI is InChI=1S/C63H100O6/c1-4-7-10-13-16-19-22-25-28-30-31-33-35-38-41-44-47-50-53-56-62(65)68-59-60(58-67-61(64)55-52-49-46-43-40-37-34-27-24-21-18-15-12-9-6-3)69-63(66)57-54-51-48-45-42-39-36-32-29-26-23-20-17-14-11-8-5-2/h7,10,16-21,25-29,31,33-34,36,38-39,41,47,50,60H,4-6,8-9,11-15,22-24,30,32,35,37,40,42-46,48-49,51-59H2,1-3H3/b10-7-,19-16-,20-17-,21-18-,28-25-,29-26-,33-31-,34-27-,39-36-,41-38-,50-47-/t60-/m0/s1. The summed E-state index contributed by atoms with van der Waals surface area (Å²) in [5.74, 6) is -1.05. The maximum atomic E-state index is 12.8. The number of ether oxygens (including phenoxy) is 3. The molecule has 0 unspecified atom stereocenters. The van der Waals surface area contributed by atoms with Crippen LogP contribution in [0.2, 0.25) is 0 Å². The van der Waals surface area contributed by atoms with Crippen molar-refractivity contribution in [1.82, 2.24) is 0 Å². The molecular weight excluding hydrogens is 853 g/mol. The maximum Gasteiger partial charge on any atom is 0.306 e. The lowest BCUT2D eigenvalue weighted by atomic mass is 10.1. The summed E-state index contributed by atoms with van der Waals surface area (Å²) in [5.41, 5.74) is 0. The van der Waals surface area contributed by atoms with Crippen LogP contribution in [-0.4, -0.2) is 37.2 Å². The molecule has 0 aromatic carbocycles. The molecule has 0 N–H and O–H groups in total. The van der Waals surface area contributed by atoms with Crippen molar-refractivity contribution in [2.24, 2.45) is 0 Å². The van der Waals surface area contributed by atoms with Crippen molar-refractivity contribution < 1.29 is 28.6 Å². The first kappa shape index (κ1) is 64.5. The molecule has 0 aromatic rings. The molecule has 0 radical (unpaired) electrons. The molecule has 0 saturated heterocycles. The number of hydrogen-bond acceptors (Lipinski definition) is 6. The fourth-order valence-corrected chi connectivity index (χ4v) is 6.97. The quantitative estimate of drug-likeness (QED) is 0.0262. The van der Waals surface area contributed by atoms with Crippen LogP contribution < -0.4 is 0 Å². The third kappa shape index (κ3) is 54.4. The molecule has 0 amide bonds. The second-order valence-electron chi connectivity index (χ2n) is 17.7. The fourth-order valence-electron chi connectivity index (χ4n) is 6.97. The topological polar surface area (TPSA) is 78.9 Å². The number of esters is 3. The first-order chi connectivity index (χ1) is 34.0. The van der Waals surface area contributed by atoms with Crippen LogP contribution in [0.1, 0.15) is 226 Å². The van der Waals surface area contributed by atoms with Gasteiger partial charge in [0.05, 0.1) is 0 Å². The van der Waals surface area contributed by atoms with Crippen LogP contribution in [0.3, 0.4) is 0 Å². The van der Waals surface area contributed by atoms with E-state index in [-0.39, 0.29) is 44.0 Å². The van der Waals surface area contributed by atoms with Gasteiger partial charge in [-0.1, -0.05) is 212 Å². The molecule has 388 valence electrons. The minimum atomic E-state index is -0.832. The Bertz CT molecular complexity index is 1510. The van der Waals surface area contributed by atoms with Gasteiger partial charge in [0, 0.05) is 19.3 Å². The van der Waals surface area contributed by atoms with Gasteiger partial charge in [-0.2, -0.15) is 0 Å². The zero-order chi connectivity index (χ0) is 50.0. The lowest BCUT2D eigenvalue weighted by Crippen LogP contribution is -2.30. The number of carbonyl (C=O) groups is 3. The average Bonchev–Trinajstić information content (AvgIpc) is 3.35. The van der Waals surface area contributed by atoms with Crippen LogP contribution >= 0.6 is 0 Å². The molecule has 1 atom stereocenters. The predicted molar refractivity (Wildman–Crippen MR) is 297 cm³/mol. The van der Waals surface area contributed by atoms with Gasteiger partial charge in [0.2, 0.25) is 0 Å². The van der Waals surface area contributed by atoms with Gasteiger partial charge >= 0.3 is 17.9 Å². The van der Waals surface area contributed by atoms with E-state index >= 15 is 0 Å². The van der Waals surface area contributed by atoms with Crippen molar-refractivity contribution in [1.29, 1.82) is 0 Å². The molecule has 0 aliphatic carbocycles. The van der Waals surface area contributed by atoms with E-state index in [0.29, 0.717) is 12.8 Å². The predicted octanol–water partition coefficient (Wildman–Crippen LogP) is 18.6. The summed E-state index contributed by atoms with van der Waals surface area (Å²) in [6, 6.07) is 0. The number of allylic oxidation sites excluding steroid dienone is 22. The minimum absolute atomic E-state index is 0.122. The lowest BCUT2D eigenvalue weighted by Gasteiger charge is -2.18. The van der Waals surface area contributed by atoms with Crippen molar-refractivity contribution in [2.75, 3.05) is 13.2 Å². The summed E-state index contributed by atoms with van der Waals surface area (Å²) in [7, 11) is 0. The Morgan fingerprint density at radius 2 is 0.594 bits per heavy atom. The minimum Gasteiger partial charge on any atom is -0.462 e. The average molecular weight is 953 g/mol. The van der Waals surface area contributed by atoms with Crippen LogP contribution in [0.5, 0.6) is 0 Å². The Hall–Kier alpha value is -4.45. The summed E-state index contributed by atoms with van der Waals surface area (Å²) in [6.07, 6.45) is 78.7. The second-order valence-corrected chi connectivity index (χ2v) is 17.7. The van der Waals surface area contributed by atoms with Crippen LogP contribution in [0, 0.1) is 0 Å². The first-order valence-electron chi connectivity index (χ1n) is 27.7. The monoisotopic (exact) mass is 953 g/mol. The van der Waals surface area contributed by atoms with Gasteiger partial charge in [-0.05, 0) is 128 Å². The summed E-state index contributed by atoms with van der Waals surface area (Å²) < 4.78 is 16.7. The molecule has 0 heterocycles. The molecule has 0 aliphatic rings. The Kier molecular flexibility index (Phi) is 52.5. The highest BCUT2D eigenvalue weighted by atomic mass is 16.6. The third-order valence-corrected chi connectivity index (χ3v) is 11.1. The van der Waals surface area contributed by atoms with E-state index in [9.17, 15) is 14.4 Å². The third-order valence-electron chi connectivity index (χ3n) is 11.1. The molecule has 0 fully saturated rings. The van der Waals surface area contributed by atoms with E-state index < -0.39 is 6.10 Å². The summed E-state index contributed by atoms with van der Waals surface area (Å²) in [4.78, 5) is 38.1. The van der Waals surface area contributed by atoms with Crippen LogP contribution in [0.15, 0.2) is 134 Å². The van der Waals surface area contributed by atoms with Crippen LogP contribution in [0.4, 0.5) is 0 Å². The van der Waals surface area contributed by atoms with Gasteiger partial charge in [-0.15, -0.1) is 0 Å². The summed E-state index contributed by atoms with van der Waals surface area (Å²) >= 11 is 0. The molecule has 0 saturated carbocycles. The molecule has 0 bridgehead atoms. The zero-order valence-corrected chi connectivity index (χ0v) is 44.3. The molecule has 6 heteroatoms. The largest absolute Gasteiger partial charge is 0.462 e. The number of hydrogen-bond donors (Lipinski definition) is 0. The van der Waals surface area contributed by atoms with Gasteiger partial charge < -0.3 is 14.2 Å². The highest BCUT2D eigenvalue weighted by molar-refractivity contribution is 5.71. The number of carbonyl (C=O) groups excluding carboxylic acids is 3. The van der Waals surface area contributed by atoms with Gasteiger partial charge in [0.25, 0.3) is 0 Å². The fraction of sp³-hybridized carbons (Fsp3) is 0.603. The van der Waals surface area contributed by atoms with E-state index in [2.05, 4.69) is 142 Å². The Morgan fingerprint density at radius 3 is 0.971 bits per heavy atom. The molecule has 0 aromatic heterocycles. The van der Waals surface area contributed by atoms with Crippen molar-refractivity contribution >= 4 is 17.9 Å². The van der Waals surface area contributed by atoms with Crippen molar-refractivity contribution in [3.63, 3.8) is 0 Å². The normalized spacial score (nSPS) is 13.1. The van der Waals surface area contributed by atoms with Crippen molar-refractivity contribution in [3.8, 4) is 0 Å². The van der Waals surface area contributed by atoms with E-state index in [0.717, 1.165) is 128 Å². The SMILES string of the molecule is CC/C=C\C/C=C\C/C=C\C/C=C\C/C=C\C/C=C\CCC(=O)OC[C@H](COC(=O)CCCCCCC/C=C\C/C=C\CCCCC)OC(=O)CCCCCC/C=C\C/C=C\C/C=C\CCCCC. The van der Waals surface area contributed by atoms with Crippen LogP contribution in [-0.2, 0) is 28.6 Å². The van der Waals surface area contributed by atoms with Crippen molar-refractivity contribution in [2.45, 2.75) is 232 Å². The smallest absolute Gasteiger partial charge is 0.306 e. The summed E-state index contributed by atoms with van der Waals surface area (Å²) in [5, 5.41) is 0. The van der Waals surface area contributed by atoms with Gasteiger partial charge in [0.1, 0.15) is 13.2 Å². The Labute approximate surface area is 424 Å². The molecule has 0 aliphatic heterocycles. The highest BCUT2D eigenvalue weighted by Crippen LogP contribution is 2.12. The van der Waals surface area contributed by atoms with Gasteiger partial charge in [-0.3, -0.25) is 14.4 Å². The Balaban J connectivity index is 4.59. The second kappa shape index (κ2) is 56.1. The van der Waals surface area contributed by atoms with E-state index in [1.807, 2.05) is 12.2 Å². The maximum absolute atomic E-state index is 12.8. The zero-order valence-electron chi connectivity index (χ0n) is 44.3. The number of rotatable bonds is 48. The van der Waals surface area contributed by atoms with E-state index in [1.54, 1.807) is 0 Å². The first-order valence-corrected chi connectivity index (χ1v) is 27.7. The molecular formula is C63H100O6. The van der Waals surface area contributed by atoms with Gasteiger partial charge in [0.15, 0.2) is 6.10 Å². The highest BCUT2D eigenvalue weighted by Gasteiger charge is 2.19. The van der Waals surface area contributed by atoms with Crippen molar-refractivity contribution in [3.05, 3.63) is 134 Å². The van der Waals surface area contributed by atoms with E-state index in [4.69, 9.17) is 14.2 Å². The molecule has 0 rings (SSSR count). The molecule has 0 spiro atoms. The molecule has 69 heavy (non-hydrogen) atoms. The number of unbranched alkanes of at least 4 members (excludes halogenated alkanes) is 15. The lowest BCUT2D eigenvalue weighted by molar-refractivity contribution is -0.166. The molecule has 6 nitrogen and oxygen atoms in total. The van der Waals surface area contributed by atoms with Crippen LogP contribution in [0.25, 0.3) is 0 Å². The summed E-state index contributed by atoms with van der Waals surface area (Å²) in [6.45, 7) is 6.36. The van der Waals surface area contributed by atoms with Gasteiger partial charge in [-0.25, -0.2) is 0 Å². The Morgan fingerprint density at radius 1 is 0.304 bits per heavy atom. The van der Waals surface area contributed by atoms with E-state index in [1.165, 1.54) is 51.4 Å².